The Morgan fingerprint density at radius 1 is 1.29 bits per heavy atom. The molecule has 0 bridgehead atoms. The van der Waals surface area contributed by atoms with Gasteiger partial charge in [0, 0.05) is 0 Å². The van der Waals surface area contributed by atoms with Crippen molar-refractivity contribution in [3.8, 4) is 11.4 Å². The van der Waals surface area contributed by atoms with Crippen molar-refractivity contribution in [2.24, 2.45) is 0 Å². The second-order valence-electron chi connectivity index (χ2n) is 2.47. The molecule has 0 saturated heterocycles. The maximum Gasteiger partial charge on any atom is 0.214 e. The Morgan fingerprint density at radius 2 is 2.07 bits per heavy atom. The highest BCUT2D eigenvalue weighted by atomic mass is 35.5. The summed E-state index contributed by atoms with van der Waals surface area (Å²) >= 11 is 5.47. The van der Waals surface area contributed by atoms with Crippen molar-refractivity contribution < 1.29 is 13.3 Å². The fourth-order valence-electron chi connectivity index (χ4n) is 1.01. The molecule has 0 amide bonds. The van der Waals surface area contributed by atoms with Gasteiger partial charge in [0.05, 0.1) is 10.6 Å². The van der Waals surface area contributed by atoms with Crippen molar-refractivity contribution in [2.45, 2.75) is 0 Å². The van der Waals surface area contributed by atoms with Gasteiger partial charge in [-0.25, -0.2) is 8.78 Å². The fourth-order valence-corrected chi connectivity index (χ4v) is 1.17. The molecule has 14 heavy (non-hydrogen) atoms. The minimum atomic E-state index is -0.895. The number of benzene rings is 1. The lowest BCUT2D eigenvalue weighted by atomic mass is 10.2. The molecule has 1 aromatic carbocycles. The molecular formula is C8H3ClF2N2O. The van der Waals surface area contributed by atoms with E-state index in [1.165, 1.54) is 0 Å². The van der Waals surface area contributed by atoms with Crippen LogP contribution >= 0.6 is 11.6 Å². The summed E-state index contributed by atoms with van der Waals surface area (Å²) in [6, 6.07) is 2.16. The van der Waals surface area contributed by atoms with Crippen LogP contribution in [0.4, 0.5) is 8.78 Å². The molecule has 0 N–H and O–H groups in total. The van der Waals surface area contributed by atoms with E-state index in [9.17, 15) is 8.78 Å². The SMILES string of the molecule is Fc1ccc(Cl)c(F)c1-c1ncon1. The molecule has 0 aliphatic carbocycles. The Bertz CT molecular complexity index is 459. The minimum Gasteiger partial charge on any atom is -0.342 e. The summed E-state index contributed by atoms with van der Waals surface area (Å²) in [5.74, 6) is -1.84. The van der Waals surface area contributed by atoms with E-state index in [4.69, 9.17) is 11.6 Å². The summed E-state index contributed by atoms with van der Waals surface area (Å²) in [5, 5.41) is 3.14. The molecular weight excluding hydrogens is 214 g/mol. The Labute approximate surface area is 82.3 Å². The summed E-state index contributed by atoms with van der Waals surface area (Å²) in [6.07, 6.45) is 0.981. The van der Waals surface area contributed by atoms with Crippen LogP contribution in [0.5, 0.6) is 0 Å². The second kappa shape index (κ2) is 3.34. The maximum atomic E-state index is 13.3. The van der Waals surface area contributed by atoms with Gasteiger partial charge in [0.2, 0.25) is 12.2 Å². The summed E-state index contributed by atoms with van der Waals surface area (Å²) in [5.41, 5.74) is -0.383. The van der Waals surface area contributed by atoms with Crippen molar-refractivity contribution in [2.75, 3.05) is 0 Å². The van der Waals surface area contributed by atoms with Crippen LogP contribution in [0.2, 0.25) is 5.02 Å². The Balaban J connectivity index is 2.69. The van der Waals surface area contributed by atoms with Crippen molar-refractivity contribution in [3.05, 3.63) is 35.2 Å². The first-order chi connectivity index (χ1) is 6.70. The van der Waals surface area contributed by atoms with Gasteiger partial charge in [0.25, 0.3) is 0 Å². The summed E-state index contributed by atoms with van der Waals surface area (Å²) in [7, 11) is 0. The predicted molar refractivity (Wildman–Crippen MR) is 44.7 cm³/mol. The van der Waals surface area contributed by atoms with E-state index in [2.05, 4.69) is 14.7 Å². The van der Waals surface area contributed by atoms with E-state index in [0.717, 1.165) is 18.5 Å². The minimum absolute atomic E-state index is 0.164. The second-order valence-corrected chi connectivity index (χ2v) is 2.88. The zero-order valence-electron chi connectivity index (χ0n) is 6.67. The third kappa shape index (κ3) is 1.35. The van der Waals surface area contributed by atoms with E-state index in [-0.39, 0.29) is 16.4 Å². The highest BCUT2D eigenvalue weighted by Gasteiger charge is 2.17. The summed E-state index contributed by atoms with van der Waals surface area (Å²) < 4.78 is 30.9. The Kier molecular flexibility index (Phi) is 2.17. The normalized spacial score (nSPS) is 10.5. The van der Waals surface area contributed by atoms with E-state index >= 15 is 0 Å². The molecule has 0 saturated carbocycles. The van der Waals surface area contributed by atoms with Crippen LogP contribution in [-0.4, -0.2) is 10.1 Å². The average Bonchev–Trinajstić information content (AvgIpc) is 2.65. The van der Waals surface area contributed by atoms with E-state index in [0.29, 0.717) is 0 Å². The van der Waals surface area contributed by atoms with Crippen LogP contribution in [0.15, 0.2) is 23.0 Å². The zero-order valence-corrected chi connectivity index (χ0v) is 7.42. The van der Waals surface area contributed by atoms with Crippen molar-refractivity contribution in [1.82, 2.24) is 10.1 Å². The molecule has 0 aliphatic rings. The van der Waals surface area contributed by atoms with Gasteiger partial charge in [-0.1, -0.05) is 16.8 Å². The Morgan fingerprint density at radius 3 is 2.71 bits per heavy atom. The van der Waals surface area contributed by atoms with Crippen molar-refractivity contribution in [1.29, 1.82) is 0 Å². The van der Waals surface area contributed by atoms with Gasteiger partial charge in [-0.2, -0.15) is 4.98 Å². The van der Waals surface area contributed by atoms with Crippen molar-refractivity contribution >= 4 is 11.6 Å². The molecule has 0 radical (unpaired) electrons. The average molecular weight is 217 g/mol. The topological polar surface area (TPSA) is 38.9 Å². The number of rotatable bonds is 1. The van der Waals surface area contributed by atoms with Crippen LogP contribution in [0.3, 0.4) is 0 Å². The highest BCUT2D eigenvalue weighted by Crippen LogP contribution is 2.27. The number of halogens is 3. The van der Waals surface area contributed by atoms with Crippen LogP contribution in [0.1, 0.15) is 0 Å². The molecule has 0 fully saturated rings. The smallest absolute Gasteiger partial charge is 0.214 e. The molecule has 2 aromatic rings. The molecule has 0 atom stereocenters. The molecule has 0 aliphatic heterocycles. The molecule has 72 valence electrons. The van der Waals surface area contributed by atoms with E-state index in [1.807, 2.05) is 0 Å². The number of aromatic nitrogens is 2. The first-order valence-electron chi connectivity index (χ1n) is 3.60. The first-order valence-corrected chi connectivity index (χ1v) is 3.98. The van der Waals surface area contributed by atoms with E-state index in [1.54, 1.807) is 0 Å². The first kappa shape index (κ1) is 9.08. The quantitative estimate of drug-likeness (QED) is 0.688. The highest BCUT2D eigenvalue weighted by molar-refractivity contribution is 6.31. The Hall–Kier alpha value is -1.49. The van der Waals surface area contributed by atoms with Crippen LogP contribution in [0, 0.1) is 11.6 Å². The zero-order chi connectivity index (χ0) is 10.1. The predicted octanol–water partition coefficient (Wildman–Crippen LogP) is 2.67. The monoisotopic (exact) mass is 216 g/mol. The molecule has 1 heterocycles. The van der Waals surface area contributed by atoms with Gasteiger partial charge in [0.1, 0.15) is 5.82 Å². The van der Waals surface area contributed by atoms with Gasteiger partial charge in [-0.3, -0.25) is 0 Å². The van der Waals surface area contributed by atoms with Gasteiger partial charge < -0.3 is 4.52 Å². The number of nitrogens with zero attached hydrogens (tertiary/aromatic N) is 2. The fraction of sp³-hybridized carbons (Fsp3) is 0. The molecule has 1 aromatic heterocycles. The van der Waals surface area contributed by atoms with Crippen LogP contribution in [0.25, 0.3) is 11.4 Å². The largest absolute Gasteiger partial charge is 0.342 e. The third-order valence-corrected chi connectivity index (χ3v) is 1.92. The molecule has 6 heteroatoms. The lowest BCUT2D eigenvalue weighted by molar-refractivity contribution is 0.418. The number of hydrogen-bond acceptors (Lipinski definition) is 3. The third-order valence-electron chi connectivity index (χ3n) is 1.63. The lowest BCUT2D eigenvalue weighted by Crippen LogP contribution is -1.92. The molecule has 2 rings (SSSR count). The van der Waals surface area contributed by atoms with E-state index < -0.39 is 11.6 Å². The molecule has 0 spiro atoms. The van der Waals surface area contributed by atoms with Crippen LogP contribution < -0.4 is 0 Å². The van der Waals surface area contributed by atoms with Crippen LogP contribution in [-0.2, 0) is 0 Å². The lowest BCUT2D eigenvalue weighted by Gasteiger charge is -2.00. The van der Waals surface area contributed by atoms with Gasteiger partial charge >= 0.3 is 0 Å². The van der Waals surface area contributed by atoms with Gasteiger partial charge in [0.15, 0.2) is 5.82 Å². The van der Waals surface area contributed by atoms with Gasteiger partial charge in [-0.15, -0.1) is 0 Å². The standard InChI is InChI=1S/C8H3ClF2N2O/c9-4-1-2-5(10)6(7(4)11)8-12-3-14-13-8/h1-3H. The summed E-state index contributed by atoms with van der Waals surface area (Å²) in [6.45, 7) is 0. The molecule has 0 unspecified atom stereocenters. The van der Waals surface area contributed by atoms with Crippen molar-refractivity contribution in [3.63, 3.8) is 0 Å². The maximum absolute atomic E-state index is 13.3. The molecule has 3 nitrogen and oxygen atoms in total. The summed E-state index contributed by atoms with van der Waals surface area (Å²) in [4.78, 5) is 3.53. The van der Waals surface area contributed by atoms with Gasteiger partial charge in [-0.05, 0) is 12.1 Å². The number of hydrogen-bond donors (Lipinski definition) is 0.